The highest BCUT2D eigenvalue weighted by atomic mass is 16.3. The molecule has 1 heteroatoms. The number of hydrogen-bond donors (Lipinski definition) is 1. The molecule has 1 rings (SSSR count). The first-order valence-corrected chi connectivity index (χ1v) is 5.95. The summed E-state index contributed by atoms with van der Waals surface area (Å²) in [5, 5.41) is 10.4. The Morgan fingerprint density at radius 2 is 1.54 bits per heavy atom. The number of aliphatic hydroxyl groups is 1. The van der Waals surface area contributed by atoms with E-state index in [1.165, 1.54) is 38.5 Å². The predicted octanol–water partition coefficient (Wildman–Crippen LogP) is 3.51. The second-order valence-corrected chi connectivity index (χ2v) is 4.58. The lowest BCUT2D eigenvalue weighted by atomic mass is 9.86. The summed E-state index contributed by atoms with van der Waals surface area (Å²) in [6.45, 7) is 4.40. The van der Waals surface area contributed by atoms with Crippen molar-refractivity contribution in [2.24, 2.45) is 5.92 Å². The highest BCUT2D eigenvalue weighted by molar-refractivity contribution is 4.94. The van der Waals surface area contributed by atoms with Gasteiger partial charge in [0.1, 0.15) is 0 Å². The van der Waals surface area contributed by atoms with Crippen LogP contribution in [0.4, 0.5) is 0 Å². The molecule has 0 aromatic heterocycles. The largest absolute Gasteiger partial charge is 0.390 e. The molecule has 1 nitrogen and oxygen atoms in total. The third kappa shape index (κ3) is 3.30. The number of hydrogen-bond acceptors (Lipinski definition) is 1. The highest BCUT2D eigenvalue weighted by Crippen LogP contribution is 2.44. The van der Waals surface area contributed by atoms with E-state index >= 15 is 0 Å². The van der Waals surface area contributed by atoms with Crippen LogP contribution in [0.3, 0.4) is 0 Å². The van der Waals surface area contributed by atoms with Crippen molar-refractivity contribution in [3.05, 3.63) is 0 Å². The molecule has 0 amide bonds. The quantitative estimate of drug-likeness (QED) is 0.642. The van der Waals surface area contributed by atoms with Gasteiger partial charge < -0.3 is 5.11 Å². The van der Waals surface area contributed by atoms with Gasteiger partial charge in [-0.3, -0.25) is 0 Å². The Hall–Kier alpha value is -0.0400. The van der Waals surface area contributed by atoms with Gasteiger partial charge in [0, 0.05) is 0 Å². The van der Waals surface area contributed by atoms with Crippen molar-refractivity contribution in [2.75, 3.05) is 0 Å². The first-order valence-electron chi connectivity index (χ1n) is 5.95. The van der Waals surface area contributed by atoms with E-state index in [9.17, 15) is 5.11 Å². The van der Waals surface area contributed by atoms with Crippen molar-refractivity contribution in [3.8, 4) is 0 Å². The maximum Gasteiger partial charge on any atom is 0.0675 e. The molecule has 0 aliphatic heterocycles. The zero-order valence-corrected chi connectivity index (χ0v) is 9.18. The van der Waals surface area contributed by atoms with Crippen molar-refractivity contribution in [3.63, 3.8) is 0 Å². The second-order valence-electron chi connectivity index (χ2n) is 4.58. The third-order valence-electron chi connectivity index (χ3n) is 3.26. The molecule has 0 unspecified atom stereocenters. The van der Waals surface area contributed by atoms with E-state index in [4.69, 9.17) is 0 Å². The topological polar surface area (TPSA) is 20.2 Å². The molecule has 13 heavy (non-hydrogen) atoms. The van der Waals surface area contributed by atoms with Crippen LogP contribution in [-0.2, 0) is 0 Å². The van der Waals surface area contributed by atoms with Gasteiger partial charge in [-0.05, 0) is 31.6 Å². The van der Waals surface area contributed by atoms with Gasteiger partial charge in [-0.1, -0.05) is 39.5 Å². The lowest BCUT2D eigenvalue weighted by molar-refractivity contribution is -0.00317. The average Bonchev–Trinajstić information content (AvgIpc) is 2.94. The molecule has 0 bridgehead atoms. The Morgan fingerprint density at radius 1 is 1.08 bits per heavy atom. The van der Waals surface area contributed by atoms with Crippen molar-refractivity contribution in [2.45, 2.75) is 70.8 Å². The fourth-order valence-corrected chi connectivity index (χ4v) is 2.12. The van der Waals surface area contributed by atoms with E-state index in [-0.39, 0.29) is 5.60 Å². The molecule has 0 aromatic carbocycles. The standard InChI is InChI=1S/C12H24O/c1-3-5-9-12(13,10-6-4-2)11-7-8-11/h11,13H,3-10H2,1-2H3. The Morgan fingerprint density at radius 3 is 1.85 bits per heavy atom. The molecule has 0 heterocycles. The Balaban J connectivity index is 2.32. The SMILES string of the molecule is CCCCC(O)(CCCC)C1CC1. The predicted molar refractivity (Wildman–Crippen MR) is 56.7 cm³/mol. The molecule has 0 spiro atoms. The summed E-state index contributed by atoms with van der Waals surface area (Å²) < 4.78 is 0. The minimum absolute atomic E-state index is 0.286. The highest BCUT2D eigenvalue weighted by Gasteiger charge is 2.42. The van der Waals surface area contributed by atoms with Crippen LogP contribution in [0.5, 0.6) is 0 Å². The van der Waals surface area contributed by atoms with Gasteiger partial charge in [-0.15, -0.1) is 0 Å². The van der Waals surface area contributed by atoms with Crippen LogP contribution in [0.15, 0.2) is 0 Å². The van der Waals surface area contributed by atoms with Crippen molar-refractivity contribution < 1.29 is 5.11 Å². The van der Waals surface area contributed by atoms with Crippen LogP contribution in [0.2, 0.25) is 0 Å². The van der Waals surface area contributed by atoms with Crippen LogP contribution in [0.25, 0.3) is 0 Å². The summed E-state index contributed by atoms with van der Waals surface area (Å²) in [7, 11) is 0. The lowest BCUT2D eigenvalue weighted by Crippen LogP contribution is -2.31. The molecule has 0 atom stereocenters. The molecule has 1 saturated carbocycles. The van der Waals surface area contributed by atoms with Gasteiger partial charge in [-0.25, -0.2) is 0 Å². The normalized spacial score (nSPS) is 17.8. The van der Waals surface area contributed by atoms with E-state index in [1.807, 2.05) is 0 Å². The van der Waals surface area contributed by atoms with Gasteiger partial charge in [0.2, 0.25) is 0 Å². The molecule has 78 valence electrons. The lowest BCUT2D eigenvalue weighted by Gasteiger charge is -2.28. The molecule has 1 fully saturated rings. The number of rotatable bonds is 7. The smallest absolute Gasteiger partial charge is 0.0675 e. The van der Waals surface area contributed by atoms with Crippen molar-refractivity contribution in [1.29, 1.82) is 0 Å². The van der Waals surface area contributed by atoms with E-state index in [2.05, 4.69) is 13.8 Å². The first-order chi connectivity index (χ1) is 6.23. The zero-order chi connectivity index (χ0) is 9.73. The summed E-state index contributed by atoms with van der Waals surface area (Å²) in [4.78, 5) is 0. The average molecular weight is 184 g/mol. The minimum Gasteiger partial charge on any atom is -0.390 e. The van der Waals surface area contributed by atoms with E-state index < -0.39 is 0 Å². The van der Waals surface area contributed by atoms with Crippen LogP contribution in [0, 0.1) is 5.92 Å². The second kappa shape index (κ2) is 4.99. The maximum atomic E-state index is 10.4. The molecule has 0 radical (unpaired) electrons. The molecule has 0 saturated heterocycles. The van der Waals surface area contributed by atoms with E-state index in [1.54, 1.807) is 0 Å². The molecule has 1 aliphatic carbocycles. The molecular formula is C12H24O. The van der Waals surface area contributed by atoms with Crippen molar-refractivity contribution >= 4 is 0 Å². The summed E-state index contributed by atoms with van der Waals surface area (Å²) in [5.74, 6) is 0.644. The summed E-state index contributed by atoms with van der Waals surface area (Å²) in [6, 6.07) is 0. The molecule has 1 aliphatic rings. The van der Waals surface area contributed by atoms with Gasteiger partial charge >= 0.3 is 0 Å². The fraction of sp³-hybridized carbons (Fsp3) is 1.00. The maximum absolute atomic E-state index is 10.4. The first kappa shape index (κ1) is 11.0. The van der Waals surface area contributed by atoms with Gasteiger partial charge in [0.25, 0.3) is 0 Å². The van der Waals surface area contributed by atoms with E-state index in [0.717, 1.165) is 12.8 Å². The van der Waals surface area contributed by atoms with Gasteiger partial charge in [0.05, 0.1) is 5.60 Å². The van der Waals surface area contributed by atoms with Crippen LogP contribution >= 0.6 is 0 Å². The van der Waals surface area contributed by atoms with Crippen LogP contribution in [-0.4, -0.2) is 10.7 Å². The zero-order valence-electron chi connectivity index (χ0n) is 9.18. The van der Waals surface area contributed by atoms with Gasteiger partial charge in [-0.2, -0.15) is 0 Å². The van der Waals surface area contributed by atoms with Gasteiger partial charge in [0.15, 0.2) is 0 Å². The third-order valence-corrected chi connectivity index (χ3v) is 3.26. The number of unbranched alkanes of at least 4 members (excludes halogenated alkanes) is 2. The summed E-state index contributed by atoms with van der Waals surface area (Å²) in [5.41, 5.74) is -0.286. The Kier molecular flexibility index (Phi) is 4.24. The Labute approximate surface area is 82.5 Å². The summed E-state index contributed by atoms with van der Waals surface area (Å²) in [6.07, 6.45) is 9.41. The fourth-order valence-electron chi connectivity index (χ4n) is 2.12. The van der Waals surface area contributed by atoms with Crippen LogP contribution in [0.1, 0.15) is 65.2 Å². The van der Waals surface area contributed by atoms with E-state index in [0.29, 0.717) is 5.92 Å². The molecule has 1 N–H and O–H groups in total. The summed E-state index contributed by atoms with van der Waals surface area (Å²) >= 11 is 0. The molecule has 0 aromatic rings. The molecular weight excluding hydrogens is 160 g/mol. The monoisotopic (exact) mass is 184 g/mol. The Bertz CT molecular complexity index is 130. The minimum atomic E-state index is -0.286. The van der Waals surface area contributed by atoms with Crippen LogP contribution < -0.4 is 0 Å². The van der Waals surface area contributed by atoms with Crippen molar-refractivity contribution in [1.82, 2.24) is 0 Å².